The SMILES string of the molecule is CCC(CCCN)c1cc2c(cc1F)OCCO2. The van der Waals surface area contributed by atoms with Crippen molar-refractivity contribution in [1.82, 2.24) is 0 Å². The molecular formula is C14H20FNO2. The first-order chi connectivity index (χ1) is 8.76. The molecule has 100 valence electrons. The number of hydrogen-bond acceptors (Lipinski definition) is 3. The summed E-state index contributed by atoms with van der Waals surface area (Å²) < 4.78 is 24.9. The molecule has 0 aromatic heterocycles. The quantitative estimate of drug-likeness (QED) is 0.877. The molecule has 1 aliphatic rings. The van der Waals surface area contributed by atoms with Gasteiger partial charge in [-0.1, -0.05) is 6.92 Å². The van der Waals surface area contributed by atoms with Gasteiger partial charge in [-0.2, -0.15) is 0 Å². The second-order valence-corrected chi connectivity index (χ2v) is 4.55. The number of fused-ring (bicyclic) bond motifs is 1. The number of hydrogen-bond donors (Lipinski definition) is 1. The highest BCUT2D eigenvalue weighted by atomic mass is 19.1. The minimum atomic E-state index is -0.205. The van der Waals surface area contributed by atoms with Gasteiger partial charge in [0.15, 0.2) is 11.5 Å². The summed E-state index contributed by atoms with van der Waals surface area (Å²) in [5, 5.41) is 0. The highest BCUT2D eigenvalue weighted by Gasteiger charge is 2.20. The van der Waals surface area contributed by atoms with Crippen molar-refractivity contribution in [2.75, 3.05) is 19.8 Å². The van der Waals surface area contributed by atoms with Crippen molar-refractivity contribution in [1.29, 1.82) is 0 Å². The summed E-state index contributed by atoms with van der Waals surface area (Å²) in [4.78, 5) is 0. The fourth-order valence-electron chi connectivity index (χ4n) is 2.34. The molecule has 2 rings (SSSR count). The average molecular weight is 253 g/mol. The molecule has 1 atom stereocenters. The first-order valence-electron chi connectivity index (χ1n) is 6.55. The van der Waals surface area contributed by atoms with Crippen LogP contribution in [0.3, 0.4) is 0 Å². The number of nitrogens with two attached hydrogens (primary N) is 1. The second kappa shape index (κ2) is 6.05. The van der Waals surface area contributed by atoms with Gasteiger partial charge in [0.05, 0.1) is 0 Å². The van der Waals surface area contributed by atoms with Crippen molar-refractivity contribution in [3.8, 4) is 11.5 Å². The molecular weight excluding hydrogens is 233 g/mol. The molecule has 1 heterocycles. The van der Waals surface area contributed by atoms with E-state index in [9.17, 15) is 4.39 Å². The number of ether oxygens (including phenoxy) is 2. The molecule has 2 N–H and O–H groups in total. The lowest BCUT2D eigenvalue weighted by atomic mass is 9.91. The zero-order valence-corrected chi connectivity index (χ0v) is 10.7. The van der Waals surface area contributed by atoms with E-state index >= 15 is 0 Å². The van der Waals surface area contributed by atoms with E-state index in [1.165, 1.54) is 6.07 Å². The molecule has 0 bridgehead atoms. The largest absolute Gasteiger partial charge is 0.486 e. The van der Waals surface area contributed by atoms with Gasteiger partial charge in [0, 0.05) is 6.07 Å². The lowest BCUT2D eigenvalue weighted by Gasteiger charge is -2.22. The first-order valence-corrected chi connectivity index (χ1v) is 6.55. The van der Waals surface area contributed by atoms with Crippen LogP contribution in [0.15, 0.2) is 12.1 Å². The predicted molar refractivity (Wildman–Crippen MR) is 68.7 cm³/mol. The zero-order valence-electron chi connectivity index (χ0n) is 10.7. The minimum Gasteiger partial charge on any atom is -0.486 e. The molecule has 0 saturated heterocycles. The van der Waals surface area contributed by atoms with Crippen molar-refractivity contribution in [2.24, 2.45) is 5.73 Å². The van der Waals surface area contributed by atoms with Crippen LogP contribution in [0.25, 0.3) is 0 Å². The van der Waals surface area contributed by atoms with E-state index < -0.39 is 0 Å². The lowest BCUT2D eigenvalue weighted by molar-refractivity contribution is 0.170. The zero-order chi connectivity index (χ0) is 13.0. The Bertz CT molecular complexity index is 409. The lowest BCUT2D eigenvalue weighted by Crippen LogP contribution is -2.16. The maximum atomic E-state index is 14.1. The van der Waals surface area contributed by atoms with Crippen molar-refractivity contribution in [2.45, 2.75) is 32.1 Å². The molecule has 0 radical (unpaired) electrons. The summed E-state index contributed by atoms with van der Waals surface area (Å²) in [6.07, 6.45) is 2.71. The third-order valence-corrected chi connectivity index (χ3v) is 3.35. The third-order valence-electron chi connectivity index (χ3n) is 3.35. The molecule has 4 heteroatoms. The second-order valence-electron chi connectivity index (χ2n) is 4.55. The molecule has 0 amide bonds. The number of halogens is 1. The Morgan fingerprint density at radius 2 is 1.94 bits per heavy atom. The van der Waals surface area contributed by atoms with Crippen molar-refractivity contribution in [3.63, 3.8) is 0 Å². The summed E-state index contributed by atoms with van der Waals surface area (Å²) in [6.45, 7) is 3.72. The van der Waals surface area contributed by atoms with E-state index in [4.69, 9.17) is 15.2 Å². The van der Waals surface area contributed by atoms with Gasteiger partial charge in [-0.25, -0.2) is 4.39 Å². The molecule has 1 aliphatic heterocycles. The normalized spacial score (nSPS) is 15.5. The Balaban J connectivity index is 2.25. The maximum absolute atomic E-state index is 14.1. The summed E-state index contributed by atoms with van der Waals surface area (Å²) in [5.41, 5.74) is 6.24. The fraction of sp³-hybridized carbons (Fsp3) is 0.571. The summed E-state index contributed by atoms with van der Waals surface area (Å²) >= 11 is 0. The number of rotatable bonds is 5. The Kier molecular flexibility index (Phi) is 4.42. The van der Waals surface area contributed by atoms with Crippen LogP contribution in [0.2, 0.25) is 0 Å². The van der Waals surface area contributed by atoms with Gasteiger partial charge in [-0.3, -0.25) is 0 Å². The van der Waals surface area contributed by atoms with Crippen molar-refractivity contribution in [3.05, 3.63) is 23.5 Å². The predicted octanol–water partition coefficient (Wildman–Crippen LogP) is 2.83. The van der Waals surface area contributed by atoms with E-state index in [0.29, 0.717) is 31.3 Å². The van der Waals surface area contributed by atoms with Crippen LogP contribution < -0.4 is 15.2 Å². The van der Waals surface area contributed by atoms with Gasteiger partial charge in [0.2, 0.25) is 0 Å². The molecule has 0 spiro atoms. The molecule has 1 aromatic rings. The highest BCUT2D eigenvalue weighted by Crippen LogP contribution is 2.37. The van der Waals surface area contributed by atoms with E-state index in [1.807, 2.05) is 0 Å². The van der Waals surface area contributed by atoms with Crippen molar-refractivity contribution >= 4 is 0 Å². The third kappa shape index (κ3) is 2.75. The van der Waals surface area contributed by atoms with Crippen LogP contribution in [0.4, 0.5) is 4.39 Å². The van der Waals surface area contributed by atoms with Gasteiger partial charge in [0.1, 0.15) is 19.0 Å². The monoisotopic (exact) mass is 253 g/mol. The molecule has 0 aliphatic carbocycles. The van der Waals surface area contributed by atoms with E-state index in [2.05, 4.69) is 6.92 Å². The van der Waals surface area contributed by atoms with Gasteiger partial charge >= 0.3 is 0 Å². The van der Waals surface area contributed by atoms with Crippen LogP contribution in [-0.4, -0.2) is 19.8 Å². The Hall–Kier alpha value is -1.29. The highest BCUT2D eigenvalue weighted by molar-refractivity contribution is 5.45. The van der Waals surface area contributed by atoms with E-state index in [-0.39, 0.29) is 11.7 Å². The smallest absolute Gasteiger partial charge is 0.164 e. The van der Waals surface area contributed by atoms with Crippen molar-refractivity contribution < 1.29 is 13.9 Å². The van der Waals surface area contributed by atoms with Gasteiger partial charge in [-0.05, 0) is 43.4 Å². The number of benzene rings is 1. The van der Waals surface area contributed by atoms with Gasteiger partial charge in [-0.15, -0.1) is 0 Å². The first kappa shape index (κ1) is 13.1. The summed E-state index contributed by atoms with van der Waals surface area (Å²) in [5.74, 6) is 1.16. The molecule has 1 aromatic carbocycles. The van der Waals surface area contributed by atoms with E-state index in [1.54, 1.807) is 6.07 Å². The molecule has 3 nitrogen and oxygen atoms in total. The maximum Gasteiger partial charge on any atom is 0.164 e. The molecule has 1 unspecified atom stereocenters. The fourth-order valence-corrected chi connectivity index (χ4v) is 2.34. The Morgan fingerprint density at radius 3 is 2.56 bits per heavy atom. The van der Waals surface area contributed by atoms with Crippen LogP contribution in [0, 0.1) is 5.82 Å². The Labute approximate surface area is 107 Å². The topological polar surface area (TPSA) is 44.5 Å². The Morgan fingerprint density at radius 1 is 1.28 bits per heavy atom. The summed E-state index contributed by atoms with van der Waals surface area (Å²) in [7, 11) is 0. The minimum absolute atomic E-state index is 0.198. The van der Waals surface area contributed by atoms with Crippen LogP contribution in [0.1, 0.15) is 37.7 Å². The van der Waals surface area contributed by atoms with Gasteiger partial charge in [0.25, 0.3) is 0 Å². The van der Waals surface area contributed by atoms with Crippen LogP contribution in [0.5, 0.6) is 11.5 Å². The van der Waals surface area contributed by atoms with Gasteiger partial charge < -0.3 is 15.2 Å². The molecule has 18 heavy (non-hydrogen) atoms. The van der Waals surface area contributed by atoms with Crippen LogP contribution in [-0.2, 0) is 0 Å². The molecule has 0 fully saturated rings. The summed E-state index contributed by atoms with van der Waals surface area (Å²) in [6, 6.07) is 3.23. The standard InChI is InChI=1S/C14H20FNO2/c1-2-10(4-3-5-16)11-8-13-14(9-12(11)15)18-7-6-17-13/h8-10H,2-7,16H2,1H3. The average Bonchev–Trinajstić information content (AvgIpc) is 2.40. The molecule has 0 saturated carbocycles. The van der Waals surface area contributed by atoms with Crippen LogP contribution >= 0.6 is 0 Å². The van der Waals surface area contributed by atoms with E-state index in [0.717, 1.165) is 24.8 Å².